The summed E-state index contributed by atoms with van der Waals surface area (Å²) in [6, 6.07) is 0. The van der Waals surface area contributed by atoms with Gasteiger partial charge in [-0.05, 0) is 25.5 Å². The third kappa shape index (κ3) is 14.8. The molecule has 20 heavy (non-hydrogen) atoms. The summed E-state index contributed by atoms with van der Waals surface area (Å²) in [7, 11) is 0. The number of hydrogen-bond acceptors (Lipinski definition) is 4. The fourth-order valence-electron chi connectivity index (χ4n) is 1.58. The minimum atomic E-state index is -2.62. The minimum absolute atomic E-state index is 0.149. The number of thioether (sulfide) groups is 1. The number of nitrogens with one attached hydrogen (secondary N) is 1. The summed E-state index contributed by atoms with van der Waals surface area (Å²) in [6.07, 6.45) is 7.55. The summed E-state index contributed by atoms with van der Waals surface area (Å²) in [6.45, 7) is 2.26. The summed E-state index contributed by atoms with van der Waals surface area (Å²) in [5.74, 6) is 0.149. The van der Waals surface area contributed by atoms with Crippen molar-refractivity contribution in [3.63, 3.8) is 0 Å². The van der Waals surface area contributed by atoms with Gasteiger partial charge in [0.15, 0.2) is 0 Å². The van der Waals surface area contributed by atoms with Gasteiger partial charge in [-0.25, -0.2) is 0 Å². The van der Waals surface area contributed by atoms with E-state index >= 15 is 0 Å². The quantitative estimate of drug-likeness (QED) is 0.320. The average Bonchev–Trinajstić information content (AvgIpc) is 2.37. The molecule has 0 aliphatic heterocycles. The first-order valence-corrected chi connectivity index (χ1v) is 11.6. The van der Waals surface area contributed by atoms with Crippen LogP contribution in [-0.2, 0) is 13.9 Å². The van der Waals surface area contributed by atoms with E-state index in [1.807, 2.05) is 0 Å². The van der Waals surface area contributed by atoms with Crippen molar-refractivity contribution in [3.8, 4) is 0 Å². The molecule has 0 aromatic heterocycles. The first kappa shape index (κ1) is 20.4. The molecule has 0 fully saturated rings. The van der Waals surface area contributed by atoms with Crippen LogP contribution in [0.2, 0.25) is 0 Å². The first-order valence-electron chi connectivity index (χ1n) is 7.09. The number of hydrogen-bond donors (Lipinski definition) is 2. The Morgan fingerprint density at radius 3 is 2.60 bits per heavy atom. The lowest BCUT2D eigenvalue weighted by Crippen LogP contribution is -2.24. The van der Waals surface area contributed by atoms with Crippen LogP contribution in [-0.4, -0.2) is 37.2 Å². The van der Waals surface area contributed by atoms with Gasteiger partial charge in [0.05, 0.1) is 6.61 Å². The SMILES string of the molecule is CSC(C)CCC(=O)NCCCCCCOP(C)(=O)S. The second kappa shape index (κ2) is 12.0. The van der Waals surface area contributed by atoms with Crippen LogP contribution >= 0.6 is 30.6 Å². The molecule has 0 saturated heterocycles. The van der Waals surface area contributed by atoms with Crippen LogP contribution < -0.4 is 5.32 Å². The predicted octanol–water partition coefficient (Wildman–Crippen LogP) is 3.96. The highest BCUT2D eigenvalue weighted by Crippen LogP contribution is 2.47. The summed E-state index contributed by atoms with van der Waals surface area (Å²) >= 11 is 5.65. The second-order valence-corrected chi connectivity index (χ2v) is 10.3. The Labute approximate surface area is 132 Å². The molecule has 0 bridgehead atoms. The molecule has 2 unspecified atom stereocenters. The van der Waals surface area contributed by atoms with Crippen LogP contribution in [0.4, 0.5) is 0 Å². The third-order valence-corrected chi connectivity index (χ3v) is 4.95. The Hall–Kier alpha value is 0.360. The van der Waals surface area contributed by atoms with E-state index in [9.17, 15) is 9.36 Å². The van der Waals surface area contributed by atoms with Crippen LogP contribution in [0, 0.1) is 0 Å². The predicted molar refractivity (Wildman–Crippen MR) is 92.2 cm³/mol. The Balaban J connectivity index is 3.31. The van der Waals surface area contributed by atoms with Crippen molar-refractivity contribution in [2.45, 2.75) is 50.7 Å². The van der Waals surface area contributed by atoms with Gasteiger partial charge in [0.25, 0.3) is 6.57 Å². The number of amides is 1. The van der Waals surface area contributed by atoms with Gasteiger partial charge in [-0.3, -0.25) is 9.36 Å². The van der Waals surface area contributed by atoms with Crippen molar-refractivity contribution in [1.29, 1.82) is 0 Å². The van der Waals surface area contributed by atoms with Gasteiger partial charge in [0, 0.05) is 24.9 Å². The third-order valence-electron chi connectivity index (χ3n) is 2.90. The molecule has 0 rings (SSSR count). The molecule has 0 radical (unpaired) electrons. The van der Waals surface area contributed by atoms with E-state index in [-0.39, 0.29) is 5.91 Å². The van der Waals surface area contributed by atoms with E-state index in [0.29, 0.717) is 18.3 Å². The average molecular weight is 341 g/mol. The fraction of sp³-hybridized carbons (Fsp3) is 0.923. The molecule has 0 aliphatic carbocycles. The summed E-state index contributed by atoms with van der Waals surface area (Å²) in [5, 5.41) is 3.48. The van der Waals surface area contributed by atoms with Crippen molar-refractivity contribution in [1.82, 2.24) is 5.32 Å². The van der Waals surface area contributed by atoms with E-state index in [1.165, 1.54) is 6.66 Å². The molecule has 2 atom stereocenters. The lowest BCUT2D eigenvalue weighted by molar-refractivity contribution is -0.121. The zero-order chi connectivity index (χ0) is 15.4. The molecule has 4 nitrogen and oxygen atoms in total. The van der Waals surface area contributed by atoms with Crippen molar-refractivity contribution in [2.75, 3.05) is 26.1 Å². The first-order chi connectivity index (χ1) is 9.35. The van der Waals surface area contributed by atoms with Crippen LogP contribution in [0.1, 0.15) is 45.4 Å². The van der Waals surface area contributed by atoms with Gasteiger partial charge < -0.3 is 9.84 Å². The van der Waals surface area contributed by atoms with Gasteiger partial charge in [-0.15, -0.1) is 0 Å². The number of unbranched alkanes of at least 4 members (excludes halogenated alkanes) is 3. The van der Waals surface area contributed by atoms with Gasteiger partial charge in [-0.1, -0.05) is 32.0 Å². The molecular weight excluding hydrogens is 313 g/mol. The molecule has 0 spiro atoms. The molecule has 0 saturated carbocycles. The maximum absolute atomic E-state index is 11.5. The molecule has 1 N–H and O–H groups in total. The maximum Gasteiger partial charge on any atom is 0.251 e. The lowest BCUT2D eigenvalue weighted by atomic mass is 10.2. The van der Waals surface area contributed by atoms with Crippen LogP contribution in [0.5, 0.6) is 0 Å². The molecule has 0 aromatic carbocycles. The van der Waals surface area contributed by atoms with Crippen molar-refractivity contribution < 1.29 is 13.9 Å². The van der Waals surface area contributed by atoms with Gasteiger partial charge in [0.1, 0.15) is 0 Å². The van der Waals surface area contributed by atoms with E-state index < -0.39 is 6.57 Å². The van der Waals surface area contributed by atoms with Crippen molar-refractivity contribution in [2.24, 2.45) is 0 Å². The summed E-state index contributed by atoms with van der Waals surface area (Å²) < 4.78 is 16.2. The topological polar surface area (TPSA) is 55.4 Å². The summed E-state index contributed by atoms with van der Waals surface area (Å²) in [5.41, 5.74) is 0. The smallest absolute Gasteiger partial charge is 0.251 e. The molecule has 0 heterocycles. The molecule has 0 aliphatic rings. The maximum atomic E-state index is 11.5. The molecular formula is C13H28NO3PS2. The molecule has 0 aromatic rings. The second-order valence-electron chi connectivity index (χ2n) is 4.99. The Morgan fingerprint density at radius 2 is 2.00 bits per heavy atom. The molecule has 7 heteroatoms. The van der Waals surface area contributed by atoms with E-state index in [0.717, 1.165) is 38.6 Å². The highest BCUT2D eigenvalue weighted by molar-refractivity contribution is 8.46. The Morgan fingerprint density at radius 1 is 1.35 bits per heavy atom. The van der Waals surface area contributed by atoms with Crippen molar-refractivity contribution in [3.05, 3.63) is 0 Å². The molecule has 1 amide bonds. The van der Waals surface area contributed by atoms with E-state index in [4.69, 9.17) is 4.52 Å². The minimum Gasteiger partial charge on any atom is -0.356 e. The summed E-state index contributed by atoms with van der Waals surface area (Å²) in [4.78, 5) is 11.5. The standard InChI is InChI=1S/C13H28NO3PS2/c1-12(20-3)8-9-13(15)14-10-6-4-5-7-11-17-18(2,16)19/h12H,4-11H2,1-3H3,(H,14,15)(H,16,19). The van der Waals surface area contributed by atoms with Crippen LogP contribution in [0.25, 0.3) is 0 Å². The Bertz CT molecular complexity index is 310. The van der Waals surface area contributed by atoms with Crippen molar-refractivity contribution >= 4 is 36.5 Å². The normalized spacial score (nSPS) is 15.6. The van der Waals surface area contributed by atoms with Gasteiger partial charge >= 0.3 is 0 Å². The van der Waals surface area contributed by atoms with Crippen LogP contribution in [0.3, 0.4) is 0 Å². The number of rotatable bonds is 12. The van der Waals surface area contributed by atoms with Gasteiger partial charge in [0.2, 0.25) is 5.91 Å². The zero-order valence-electron chi connectivity index (χ0n) is 12.8. The molecule has 120 valence electrons. The largest absolute Gasteiger partial charge is 0.356 e. The van der Waals surface area contributed by atoms with Crippen LogP contribution in [0.15, 0.2) is 0 Å². The number of carbonyl (C=O) groups is 1. The van der Waals surface area contributed by atoms with Gasteiger partial charge in [-0.2, -0.15) is 11.8 Å². The highest BCUT2D eigenvalue weighted by atomic mass is 32.7. The Kier molecular flexibility index (Phi) is 12.2. The van der Waals surface area contributed by atoms with E-state index in [1.54, 1.807) is 11.8 Å². The number of thiol groups is 1. The zero-order valence-corrected chi connectivity index (χ0v) is 15.4. The highest BCUT2D eigenvalue weighted by Gasteiger charge is 2.07. The number of carbonyl (C=O) groups excluding carboxylic acids is 1. The lowest BCUT2D eigenvalue weighted by Gasteiger charge is -2.09. The van der Waals surface area contributed by atoms with E-state index in [2.05, 4.69) is 30.7 Å². The fourth-order valence-corrected chi connectivity index (χ4v) is 2.65. The monoisotopic (exact) mass is 341 g/mol.